The highest BCUT2D eigenvalue weighted by Gasteiger charge is 2.16. The fourth-order valence-corrected chi connectivity index (χ4v) is 1.53. The number of hydrogen-bond acceptors (Lipinski definition) is 2. The van der Waals surface area contributed by atoms with Crippen molar-refractivity contribution in [3.8, 4) is 12.3 Å². The molecular formula is C12H14F2N2. The molecule has 0 aliphatic rings. The zero-order valence-electron chi connectivity index (χ0n) is 8.84. The summed E-state index contributed by atoms with van der Waals surface area (Å²) in [6.07, 6.45) is 6.99. The minimum atomic E-state index is -0.866. The molecule has 0 saturated carbocycles. The summed E-state index contributed by atoms with van der Waals surface area (Å²) in [6, 6.07) is 3.63. The van der Waals surface area contributed by atoms with Crippen LogP contribution in [0.15, 0.2) is 18.2 Å². The Hall–Kier alpha value is -1.44. The number of unbranched alkanes of at least 4 members (excludes halogenated alkanes) is 1. The summed E-state index contributed by atoms with van der Waals surface area (Å²) in [5.41, 5.74) is 2.71. The molecule has 0 radical (unpaired) electrons. The SMILES string of the molecule is C#CCCCC(NN)c1cccc(F)c1F. The summed E-state index contributed by atoms with van der Waals surface area (Å²) in [6.45, 7) is 0. The first-order chi connectivity index (χ1) is 7.70. The average molecular weight is 224 g/mol. The van der Waals surface area contributed by atoms with E-state index in [1.165, 1.54) is 12.1 Å². The minimum Gasteiger partial charge on any atom is -0.271 e. The highest BCUT2D eigenvalue weighted by atomic mass is 19.2. The van der Waals surface area contributed by atoms with E-state index in [1.807, 2.05) is 0 Å². The molecule has 1 aromatic rings. The molecule has 16 heavy (non-hydrogen) atoms. The molecule has 3 N–H and O–H groups in total. The van der Waals surface area contributed by atoms with Crippen molar-refractivity contribution >= 4 is 0 Å². The molecule has 0 spiro atoms. The van der Waals surface area contributed by atoms with Gasteiger partial charge >= 0.3 is 0 Å². The van der Waals surface area contributed by atoms with Crippen molar-refractivity contribution in [1.29, 1.82) is 0 Å². The molecular weight excluding hydrogens is 210 g/mol. The molecule has 0 saturated heterocycles. The quantitative estimate of drug-likeness (QED) is 0.348. The van der Waals surface area contributed by atoms with Crippen LogP contribution in [-0.2, 0) is 0 Å². The van der Waals surface area contributed by atoms with Gasteiger partial charge in [-0.3, -0.25) is 11.3 Å². The van der Waals surface area contributed by atoms with Crippen LogP contribution < -0.4 is 11.3 Å². The van der Waals surface area contributed by atoms with Gasteiger partial charge in [-0.2, -0.15) is 0 Å². The molecule has 0 aromatic heterocycles. The first kappa shape index (κ1) is 12.6. The van der Waals surface area contributed by atoms with Gasteiger partial charge in [0.05, 0.1) is 0 Å². The van der Waals surface area contributed by atoms with Gasteiger partial charge < -0.3 is 0 Å². The Morgan fingerprint density at radius 1 is 1.44 bits per heavy atom. The minimum absolute atomic E-state index is 0.236. The summed E-state index contributed by atoms with van der Waals surface area (Å²) in [5, 5.41) is 0. The molecule has 1 aromatic carbocycles. The Labute approximate surface area is 93.8 Å². The van der Waals surface area contributed by atoms with Gasteiger partial charge in [0.2, 0.25) is 0 Å². The van der Waals surface area contributed by atoms with Crippen LogP contribution in [0.3, 0.4) is 0 Å². The molecule has 0 aliphatic heterocycles. The van der Waals surface area contributed by atoms with Crippen molar-refractivity contribution in [3.05, 3.63) is 35.4 Å². The number of halogens is 2. The third-order valence-electron chi connectivity index (χ3n) is 2.37. The van der Waals surface area contributed by atoms with E-state index in [0.717, 1.165) is 6.07 Å². The monoisotopic (exact) mass is 224 g/mol. The third-order valence-corrected chi connectivity index (χ3v) is 2.37. The lowest BCUT2D eigenvalue weighted by molar-refractivity contribution is 0.447. The first-order valence-corrected chi connectivity index (χ1v) is 5.04. The van der Waals surface area contributed by atoms with E-state index >= 15 is 0 Å². The Morgan fingerprint density at radius 3 is 2.81 bits per heavy atom. The molecule has 0 aliphatic carbocycles. The molecule has 0 heterocycles. The number of nitrogens with two attached hydrogens (primary N) is 1. The number of hydrogen-bond donors (Lipinski definition) is 2. The number of benzene rings is 1. The van der Waals surface area contributed by atoms with E-state index in [4.69, 9.17) is 12.3 Å². The van der Waals surface area contributed by atoms with Gasteiger partial charge in [-0.25, -0.2) is 8.78 Å². The molecule has 86 valence electrons. The molecule has 0 amide bonds. The van der Waals surface area contributed by atoms with Gasteiger partial charge in [-0.1, -0.05) is 12.1 Å². The third kappa shape index (κ3) is 3.02. The van der Waals surface area contributed by atoms with Crippen molar-refractivity contribution in [3.63, 3.8) is 0 Å². The van der Waals surface area contributed by atoms with E-state index < -0.39 is 17.7 Å². The van der Waals surface area contributed by atoms with Crippen molar-refractivity contribution in [2.45, 2.75) is 25.3 Å². The molecule has 4 heteroatoms. The maximum absolute atomic E-state index is 13.4. The fourth-order valence-electron chi connectivity index (χ4n) is 1.53. The summed E-state index contributed by atoms with van der Waals surface area (Å²) >= 11 is 0. The summed E-state index contributed by atoms with van der Waals surface area (Å²) < 4.78 is 26.4. The van der Waals surface area contributed by atoms with E-state index in [-0.39, 0.29) is 5.56 Å². The van der Waals surface area contributed by atoms with Crippen LogP contribution in [0.25, 0.3) is 0 Å². The van der Waals surface area contributed by atoms with Crippen LogP contribution in [0.1, 0.15) is 30.9 Å². The summed E-state index contributed by atoms with van der Waals surface area (Å²) in [7, 11) is 0. The largest absolute Gasteiger partial charge is 0.271 e. The number of terminal acetylenes is 1. The Balaban J connectivity index is 2.79. The van der Waals surface area contributed by atoms with Crippen LogP contribution in [0.5, 0.6) is 0 Å². The van der Waals surface area contributed by atoms with E-state index in [0.29, 0.717) is 19.3 Å². The van der Waals surface area contributed by atoms with Gasteiger partial charge in [0.1, 0.15) is 0 Å². The first-order valence-electron chi connectivity index (χ1n) is 5.04. The maximum Gasteiger partial charge on any atom is 0.163 e. The van der Waals surface area contributed by atoms with E-state index in [9.17, 15) is 8.78 Å². The Morgan fingerprint density at radius 2 is 2.19 bits per heavy atom. The van der Waals surface area contributed by atoms with E-state index in [1.54, 1.807) is 0 Å². The molecule has 0 fully saturated rings. The van der Waals surface area contributed by atoms with Crippen molar-refractivity contribution in [1.82, 2.24) is 5.43 Å². The average Bonchev–Trinajstić information content (AvgIpc) is 2.29. The van der Waals surface area contributed by atoms with Crippen LogP contribution in [0.4, 0.5) is 8.78 Å². The van der Waals surface area contributed by atoms with Gasteiger partial charge in [-0.05, 0) is 18.9 Å². The Kier molecular flexibility index (Phi) is 4.90. The zero-order chi connectivity index (χ0) is 12.0. The van der Waals surface area contributed by atoms with Crippen LogP contribution in [0.2, 0.25) is 0 Å². The molecule has 2 nitrogen and oxygen atoms in total. The smallest absolute Gasteiger partial charge is 0.163 e. The lowest BCUT2D eigenvalue weighted by Crippen LogP contribution is -2.28. The fraction of sp³-hybridized carbons (Fsp3) is 0.333. The van der Waals surface area contributed by atoms with Gasteiger partial charge in [0, 0.05) is 18.0 Å². The van der Waals surface area contributed by atoms with E-state index in [2.05, 4.69) is 11.3 Å². The highest BCUT2D eigenvalue weighted by Crippen LogP contribution is 2.22. The number of nitrogens with one attached hydrogen (secondary N) is 1. The van der Waals surface area contributed by atoms with Gasteiger partial charge in [0.25, 0.3) is 0 Å². The van der Waals surface area contributed by atoms with Gasteiger partial charge in [-0.15, -0.1) is 12.3 Å². The second-order valence-corrected chi connectivity index (χ2v) is 3.46. The van der Waals surface area contributed by atoms with Crippen molar-refractivity contribution in [2.75, 3.05) is 0 Å². The van der Waals surface area contributed by atoms with Crippen molar-refractivity contribution < 1.29 is 8.78 Å². The van der Waals surface area contributed by atoms with Crippen LogP contribution in [0, 0.1) is 24.0 Å². The normalized spacial score (nSPS) is 12.1. The lowest BCUT2D eigenvalue weighted by atomic mass is 10.0. The Bertz CT molecular complexity index is 385. The predicted molar refractivity (Wildman–Crippen MR) is 59.1 cm³/mol. The maximum atomic E-state index is 13.4. The van der Waals surface area contributed by atoms with Crippen LogP contribution >= 0.6 is 0 Å². The van der Waals surface area contributed by atoms with Crippen LogP contribution in [-0.4, -0.2) is 0 Å². The second kappa shape index (κ2) is 6.21. The molecule has 1 rings (SSSR count). The number of rotatable bonds is 5. The highest BCUT2D eigenvalue weighted by molar-refractivity contribution is 5.22. The summed E-state index contributed by atoms with van der Waals surface area (Å²) in [4.78, 5) is 0. The topological polar surface area (TPSA) is 38.0 Å². The second-order valence-electron chi connectivity index (χ2n) is 3.46. The van der Waals surface area contributed by atoms with Crippen molar-refractivity contribution in [2.24, 2.45) is 5.84 Å². The standard InChI is InChI=1S/C12H14F2N2/c1-2-3-4-8-11(16-15)9-6-5-7-10(13)12(9)14/h1,5-7,11,16H,3-4,8,15H2. The van der Waals surface area contributed by atoms with Gasteiger partial charge in [0.15, 0.2) is 11.6 Å². The molecule has 1 unspecified atom stereocenters. The molecule has 1 atom stereocenters. The predicted octanol–water partition coefficient (Wildman–Crippen LogP) is 2.27. The summed E-state index contributed by atoms with van der Waals surface area (Å²) in [5.74, 6) is 6.08. The number of hydrazine groups is 1. The lowest BCUT2D eigenvalue weighted by Gasteiger charge is -2.16. The molecule has 0 bridgehead atoms. The zero-order valence-corrected chi connectivity index (χ0v) is 8.84.